The Morgan fingerprint density at radius 3 is 2.17 bits per heavy atom. The first-order valence-electron chi connectivity index (χ1n) is 7.48. The molecule has 4 aliphatic carbocycles. The van der Waals surface area contributed by atoms with E-state index in [1.807, 2.05) is 0 Å². The Morgan fingerprint density at radius 1 is 1.17 bits per heavy atom. The second-order valence-corrected chi connectivity index (χ2v) is 7.09. The minimum Gasteiger partial charge on any atom is -0.465 e. The van der Waals surface area contributed by atoms with E-state index < -0.39 is 0 Å². The third-order valence-electron chi connectivity index (χ3n) is 5.80. The first kappa shape index (κ1) is 11.1. The summed E-state index contributed by atoms with van der Waals surface area (Å²) in [5, 5.41) is 0. The van der Waals surface area contributed by atoms with E-state index in [1.165, 1.54) is 49.8 Å². The van der Waals surface area contributed by atoms with Crippen LogP contribution in [0.5, 0.6) is 0 Å². The molecule has 0 aliphatic heterocycles. The molecule has 4 bridgehead atoms. The van der Waals surface area contributed by atoms with Crippen LogP contribution in [0, 0.1) is 24.7 Å². The van der Waals surface area contributed by atoms with Crippen LogP contribution in [0.25, 0.3) is 0 Å². The molecule has 1 aromatic heterocycles. The Bertz CT molecular complexity index is 438. The third-order valence-corrected chi connectivity index (χ3v) is 5.80. The maximum atomic E-state index is 6.11. The lowest BCUT2D eigenvalue weighted by Crippen LogP contribution is -2.48. The average Bonchev–Trinajstić information content (AvgIpc) is 2.69. The highest BCUT2D eigenvalue weighted by atomic mass is 16.3. The summed E-state index contributed by atoms with van der Waals surface area (Å²) in [5.74, 6) is 5.23. The summed E-state index contributed by atoms with van der Waals surface area (Å²) in [6.07, 6.45) is 8.58. The van der Waals surface area contributed by atoms with Gasteiger partial charge in [-0.1, -0.05) is 0 Å². The van der Waals surface area contributed by atoms with Gasteiger partial charge in [-0.25, -0.2) is 0 Å². The summed E-state index contributed by atoms with van der Waals surface area (Å²) in [6, 6.07) is 2.27. The molecule has 4 fully saturated rings. The fourth-order valence-electron chi connectivity index (χ4n) is 5.40. The molecule has 4 aliphatic rings. The van der Waals surface area contributed by atoms with Crippen LogP contribution in [0.3, 0.4) is 0 Å². The fourth-order valence-corrected chi connectivity index (χ4v) is 5.40. The second kappa shape index (κ2) is 3.63. The van der Waals surface area contributed by atoms with E-state index in [0.29, 0.717) is 12.0 Å². The number of nitrogens with two attached hydrogens (primary N) is 1. The quantitative estimate of drug-likeness (QED) is 0.866. The van der Waals surface area contributed by atoms with E-state index in [0.717, 1.165) is 23.5 Å². The maximum Gasteiger partial charge on any atom is 0.110 e. The van der Waals surface area contributed by atoms with Crippen molar-refractivity contribution in [2.45, 2.75) is 57.4 Å². The molecule has 2 N–H and O–H groups in total. The lowest BCUT2D eigenvalue weighted by molar-refractivity contribution is -0.0154. The number of rotatable bonds is 2. The SMILES string of the molecule is Cc1oc(C23CC4CC(CC(C4)C2)C3)cc1CN. The summed E-state index contributed by atoms with van der Waals surface area (Å²) >= 11 is 0. The molecule has 4 saturated carbocycles. The lowest BCUT2D eigenvalue weighted by atomic mass is 9.49. The zero-order chi connectivity index (χ0) is 12.3. The van der Waals surface area contributed by atoms with E-state index in [9.17, 15) is 0 Å². The Labute approximate surface area is 109 Å². The summed E-state index contributed by atoms with van der Waals surface area (Å²) in [5.41, 5.74) is 7.39. The summed E-state index contributed by atoms with van der Waals surface area (Å²) in [6.45, 7) is 2.67. The molecule has 2 heteroatoms. The van der Waals surface area contributed by atoms with Crippen molar-refractivity contribution >= 4 is 0 Å². The van der Waals surface area contributed by atoms with Gasteiger partial charge in [-0.15, -0.1) is 0 Å². The molecule has 0 unspecified atom stereocenters. The lowest BCUT2D eigenvalue weighted by Gasteiger charge is -2.55. The van der Waals surface area contributed by atoms with Gasteiger partial charge in [-0.2, -0.15) is 0 Å². The summed E-state index contributed by atoms with van der Waals surface area (Å²) < 4.78 is 6.11. The van der Waals surface area contributed by atoms with Crippen LogP contribution in [0.2, 0.25) is 0 Å². The molecule has 0 amide bonds. The van der Waals surface area contributed by atoms with Crippen LogP contribution in [0.15, 0.2) is 10.5 Å². The van der Waals surface area contributed by atoms with Crippen LogP contribution < -0.4 is 5.73 Å². The summed E-state index contributed by atoms with van der Waals surface area (Å²) in [7, 11) is 0. The van der Waals surface area contributed by atoms with Crippen LogP contribution >= 0.6 is 0 Å². The van der Waals surface area contributed by atoms with Gasteiger partial charge >= 0.3 is 0 Å². The van der Waals surface area contributed by atoms with E-state index in [-0.39, 0.29) is 0 Å². The molecule has 2 nitrogen and oxygen atoms in total. The number of hydrogen-bond donors (Lipinski definition) is 1. The van der Waals surface area contributed by atoms with Gasteiger partial charge in [0.05, 0.1) is 0 Å². The predicted octanol–water partition coefficient (Wildman–Crippen LogP) is 3.51. The van der Waals surface area contributed by atoms with Crippen LogP contribution in [0.4, 0.5) is 0 Å². The fraction of sp³-hybridized carbons (Fsp3) is 0.750. The topological polar surface area (TPSA) is 39.2 Å². The van der Waals surface area contributed by atoms with Crippen molar-refractivity contribution in [2.75, 3.05) is 0 Å². The van der Waals surface area contributed by atoms with Crippen LogP contribution in [-0.2, 0) is 12.0 Å². The predicted molar refractivity (Wildman–Crippen MR) is 71.2 cm³/mol. The molecular formula is C16H23NO. The van der Waals surface area contributed by atoms with Gasteiger partial charge in [0.25, 0.3) is 0 Å². The van der Waals surface area contributed by atoms with Crippen molar-refractivity contribution < 1.29 is 4.42 Å². The van der Waals surface area contributed by atoms with Crippen molar-refractivity contribution in [3.8, 4) is 0 Å². The normalized spacial score (nSPS) is 41.6. The van der Waals surface area contributed by atoms with E-state index >= 15 is 0 Å². The Hall–Kier alpha value is -0.760. The minimum absolute atomic E-state index is 0.382. The van der Waals surface area contributed by atoms with Gasteiger partial charge in [0.1, 0.15) is 11.5 Å². The van der Waals surface area contributed by atoms with Gasteiger partial charge < -0.3 is 10.2 Å². The van der Waals surface area contributed by atoms with E-state index in [4.69, 9.17) is 10.2 Å². The van der Waals surface area contributed by atoms with Gasteiger partial charge in [-0.05, 0) is 69.3 Å². The molecule has 0 radical (unpaired) electrons. The maximum absolute atomic E-state index is 6.11. The highest BCUT2D eigenvalue weighted by Gasteiger charge is 2.53. The smallest absolute Gasteiger partial charge is 0.110 e. The number of furan rings is 1. The molecule has 1 aromatic rings. The Morgan fingerprint density at radius 2 is 1.72 bits per heavy atom. The van der Waals surface area contributed by atoms with Gasteiger partial charge in [0.2, 0.25) is 0 Å². The Kier molecular flexibility index (Phi) is 2.24. The monoisotopic (exact) mass is 245 g/mol. The highest BCUT2D eigenvalue weighted by molar-refractivity contribution is 5.28. The molecular weight excluding hydrogens is 222 g/mol. The minimum atomic E-state index is 0.382. The zero-order valence-corrected chi connectivity index (χ0v) is 11.2. The number of hydrogen-bond acceptors (Lipinski definition) is 2. The molecule has 1 heterocycles. The van der Waals surface area contributed by atoms with Gasteiger partial charge in [-0.3, -0.25) is 0 Å². The van der Waals surface area contributed by atoms with Gasteiger partial charge in [0, 0.05) is 17.5 Å². The molecule has 0 atom stereocenters. The van der Waals surface area contributed by atoms with Crippen molar-refractivity contribution in [2.24, 2.45) is 23.5 Å². The average molecular weight is 245 g/mol. The molecule has 5 rings (SSSR count). The first-order valence-corrected chi connectivity index (χ1v) is 7.48. The van der Waals surface area contributed by atoms with Crippen molar-refractivity contribution in [3.05, 3.63) is 23.2 Å². The molecule has 98 valence electrons. The van der Waals surface area contributed by atoms with Crippen LogP contribution in [0.1, 0.15) is 55.6 Å². The number of aryl methyl sites for hydroxylation is 1. The van der Waals surface area contributed by atoms with E-state index in [1.54, 1.807) is 0 Å². The van der Waals surface area contributed by atoms with Crippen LogP contribution in [-0.4, -0.2) is 0 Å². The van der Waals surface area contributed by atoms with E-state index in [2.05, 4.69) is 13.0 Å². The Balaban J connectivity index is 1.74. The molecule has 0 aromatic carbocycles. The van der Waals surface area contributed by atoms with Crippen molar-refractivity contribution in [1.82, 2.24) is 0 Å². The molecule has 0 saturated heterocycles. The molecule has 0 spiro atoms. The van der Waals surface area contributed by atoms with Crippen molar-refractivity contribution in [3.63, 3.8) is 0 Å². The first-order chi connectivity index (χ1) is 8.68. The highest BCUT2D eigenvalue weighted by Crippen LogP contribution is 2.60. The van der Waals surface area contributed by atoms with Gasteiger partial charge in [0.15, 0.2) is 0 Å². The zero-order valence-electron chi connectivity index (χ0n) is 11.2. The summed E-state index contributed by atoms with van der Waals surface area (Å²) in [4.78, 5) is 0. The standard InChI is InChI=1S/C16H23NO/c1-10-14(9-17)5-15(18-10)16-6-11-2-12(7-16)4-13(3-11)8-16/h5,11-13H,2-4,6-9,17H2,1H3. The second-order valence-electron chi connectivity index (χ2n) is 7.09. The van der Waals surface area contributed by atoms with Crippen molar-refractivity contribution in [1.29, 1.82) is 0 Å². The largest absolute Gasteiger partial charge is 0.465 e. The third kappa shape index (κ3) is 1.45. The molecule has 18 heavy (non-hydrogen) atoms.